The molecule has 2 N–H and O–H groups in total. The number of terminal acetylenes is 1. The number of rotatable bonds is 5. The number of nitrogens with one attached hydrogen (secondary N) is 1. The van der Waals surface area contributed by atoms with Crippen molar-refractivity contribution in [1.29, 1.82) is 0 Å². The molecule has 0 spiro atoms. The monoisotopic (exact) mass is 212 g/mol. The third-order valence-electron chi connectivity index (χ3n) is 1.97. The standard InChI is InChI=1S/C10H16N2O3/c1-4-7-8(9(13)14)11-10(15)12(5-2)6-3/h1,8H,5-7H2,2-3H3,(H,11,15)(H,13,14). The Hall–Kier alpha value is -1.70. The van der Waals surface area contributed by atoms with Gasteiger partial charge in [-0.2, -0.15) is 0 Å². The van der Waals surface area contributed by atoms with Gasteiger partial charge in [0, 0.05) is 19.5 Å². The Morgan fingerprint density at radius 3 is 2.33 bits per heavy atom. The molecule has 0 fully saturated rings. The number of nitrogens with zero attached hydrogens (tertiary/aromatic N) is 1. The van der Waals surface area contributed by atoms with Crippen molar-refractivity contribution < 1.29 is 14.7 Å². The van der Waals surface area contributed by atoms with Crippen LogP contribution in [0.5, 0.6) is 0 Å². The Morgan fingerprint density at radius 2 is 2.00 bits per heavy atom. The van der Waals surface area contributed by atoms with E-state index < -0.39 is 18.0 Å². The smallest absolute Gasteiger partial charge is 0.327 e. The third-order valence-corrected chi connectivity index (χ3v) is 1.97. The minimum atomic E-state index is -1.12. The number of hydrogen-bond donors (Lipinski definition) is 2. The first-order valence-electron chi connectivity index (χ1n) is 4.78. The summed E-state index contributed by atoms with van der Waals surface area (Å²) in [6.07, 6.45) is 4.99. The van der Waals surface area contributed by atoms with Crippen LogP contribution in [0.15, 0.2) is 0 Å². The van der Waals surface area contributed by atoms with E-state index in [2.05, 4.69) is 11.2 Å². The van der Waals surface area contributed by atoms with Crippen molar-refractivity contribution in [1.82, 2.24) is 10.2 Å². The van der Waals surface area contributed by atoms with Gasteiger partial charge in [0.25, 0.3) is 0 Å². The van der Waals surface area contributed by atoms with Crippen molar-refractivity contribution in [2.75, 3.05) is 13.1 Å². The molecule has 5 heteroatoms. The first-order chi connectivity index (χ1) is 7.06. The van der Waals surface area contributed by atoms with Crippen molar-refractivity contribution >= 4 is 12.0 Å². The van der Waals surface area contributed by atoms with Crippen LogP contribution in [0, 0.1) is 12.3 Å². The molecule has 1 unspecified atom stereocenters. The van der Waals surface area contributed by atoms with Crippen LogP contribution in [0.4, 0.5) is 4.79 Å². The van der Waals surface area contributed by atoms with E-state index in [9.17, 15) is 9.59 Å². The molecule has 15 heavy (non-hydrogen) atoms. The number of amides is 2. The zero-order chi connectivity index (χ0) is 11.8. The van der Waals surface area contributed by atoms with Crippen molar-refractivity contribution in [2.45, 2.75) is 26.3 Å². The van der Waals surface area contributed by atoms with Crippen LogP contribution < -0.4 is 5.32 Å². The summed E-state index contributed by atoms with van der Waals surface area (Å²) in [5.41, 5.74) is 0. The second kappa shape index (κ2) is 6.71. The largest absolute Gasteiger partial charge is 0.480 e. The molecule has 0 aromatic carbocycles. The molecule has 1 atom stereocenters. The van der Waals surface area contributed by atoms with Gasteiger partial charge in [-0.25, -0.2) is 9.59 Å². The van der Waals surface area contributed by atoms with Crippen molar-refractivity contribution in [3.63, 3.8) is 0 Å². The number of carbonyl (C=O) groups excluding carboxylic acids is 1. The van der Waals surface area contributed by atoms with E-state index in [0.717, 1.165) is 0 Å². The molecule has 5 nitrogen and oxygen atoms in total. The van der Waals surface area contributed by atoms with E-state index >= 15 is 0 Å². The van der Waals surface area contributed by atoms with Gasteiger partial charge < -0.3 is 15.3 Å². The summed E-state index contributed by atoms with van der Waals surface area (Å²) in [6, 6.07) is -1.41. The summed E-state index contributed by atoms with van der Waals surface area (Å²) in [4.78, 5) is 23.7. The Morgan fingerprint density at radius 1 is 1.47 bits per heavy atom. The molecule has 0 bridgehead atoms. The van der Waals surface area contributed by atoms with Gasteiger partial charge in [0.1, 0.15) is 6.04 Å². The van der Waals surface area contributed by atoms with E-state index in [-0.39, 0.29) is 6.42 Å². The van der Waals surface area contributed by atoms with Crippen LogP contribution in [0.3, 0.4) is 0 Å². The highest BCUT2D eigenvalue weighted by atomic mass is 16.4. The molecule has 84 valence electrons. The van der Waals surface area contributed by atoms with Gasteiger partial charge in [-0.05, 0) is 13.8 Å². The van der Waals surface area contributed by atoms with E-state index in [1.165, 1.54) is 4.90 Å². The molecular formula is C10H16N2O3. The molecule has 0 saturated carbocycles. The summed E-state index contributed by atoms with van der Waals surface area (Å²) in [6.45, 7) is 4.70. The van der Waals surface area contributed by atoms with Crippen LogP contribution >= 0.6 is 0 Å². The van der Waals surface area contributed by atoms with Gasteiger partial charge in [0.05, 0.1) is 0 Å². The zero-order valence-electron chi connectivity index (χ0n) is 8.99. The average Bonchev–Trinajstić information content (AvgIpc) is 2.18. The molecule has 2 amide bonds. The second-order valence-electron chi connectivity index (χ2n) is 2.92. The highest BCUT2D eigenvalue weighted by Gasteiger charge is 2.20. The minimum Gasteiger partial charge on any atom is -0.480 e. The zero-order valence-corrected chi connectivity index (χ0v) is 8.99. The fourth-order valence-corrected chi connectivity index (χ4v) is 1.07. The molecule has 0 saturated heterocycles. The first kappa shape index (κ1) is 13.3. The SMILES string of the molecule is C#CCC(NC(=O)N(CC)CC)C(=O)O. The van der Waals surface area contributed by atoms with Gasteiger partial charge in [-0.3, -0.25) is 0 Å². The molecule has 0 aliphatic carbocycles. The maximum Gasteiger partial charge on any atom is 0.327 e. The molecule has 0 aliphatic heterocycles. The number of aliphatic carboxylic acids is 1. The number of carboxylic acids is 1. The summed E-state index contributed by atoms with van der Waals surface area (Å²) in [5.74, 6) is 1.10. The van der Waals surface area contributed by atoms with E-state index in [1.54, 1.807) is 0 Å². The number of carbonyl (C=O) groups is 2. The van der Waals surface area contributed by atoms with Crippen LogP contribution in [0.25, 0.3) is 0 Å². The summed E-state index contributed by atoms with van der Waals surface area (Å²) in [7, 11) is 0. The lowest BCUT2D eigenvalue weighted by atomic mass is 10.2. The average molecular weight is 212 g/mol. The molecule has 0 aromatic rings. The Balaban J connectivity index is 4.35. The maximum atomic E-state index is 11.5. The normalized spacial score (nSPS) is 11.3. The van der Waals surface area contributed by atoms with Crippen LogP contribution in [0.1, 0.15) is 20.3 Å². The maximum absolute atomic E-state index is 11.5. The van der Waals surface area contributed by atoms with Gasteiger partial charge in [0.2, 0.25) is 0 Å². The quantitative estimate of drug-likeness (QED) is 0.652. The lowest BCUT2D eigenvalue weighted by Crippen LogP contribution is -2.47. The molecule has 0 heterocycles. The van der Waals surface area contributed by atoms with Gasteiger partial charge in [-0.1, -0.05) is 0 Å². The van der Waals surface area contributed by atoms with Crippen LogP contribution in [-0.2, 0) is 4.79 Å². The fraction of sp³-hybridized carbons (Fsp3) is 0.600. The predicted octanol–water partition coefficient (Wildman–Crippen LogP) is 0.514. The van der Waals surface area contributed by atoms with E-state index in [4.69, 9.17) is 11.5 Å². The third kappa shape index (κ3) is 4.36. The summed E-state index contributed by atoms with van der Waals surface area (Å²) in [5, 5.41) is 11.1. The molecule has 0 rings (SSSR count). The molecular weight excluding hydrogens is 196 g/mol. The lowest BCUT2D eigenvalue weighted by Gasteiger charge is -2.21. The van der Waals surface area contributed by atoms with E-state index in [1.807, 2.05) is 13.8 Å². The molecule has 0 aliphatic rings. The Labute approximate surface area is 89.4 Å². The first-order valence-corrected chi connectivity index (χ1v) is 4.78. The lowest BCUT2D eigenvalue weighted by molar-refractivity contribution is -0.139. The van der Waals surface area contributed by atoms with Crippen molar-refractivity contribution in [2.24, 2.45) is 0 Å². The van der Waals surface area contributed by atoms with Crippen molar-refractivity contribution in [3.05, 3.63) is 0 Å². The highest BCUT2D eigenvalue weighted by Crippen LogP contribution is 1.95. The number of hydrogen-bond acceptors (Lipinski definition) is 2. The van der Waals surface area contributed by atoms with Gasteiger partial charge in [-0.15, -0.1) is 12.3 Å². The van der Waals surface area contributed by atoms with Gasteiger partial charge in [0.15, 0.2) is 0 Å². The van der Waals surface area contributed by atoms with E-state index in [0.29, 0.717) is 13.1 Å². The predicted molar refractivity (Wildman–Crippen MR) is 56.3 cm³/mol. The fourth-order valence-electron chi connectivity index (χ4n) is 1.07. The molecule has 0 aromatic heterocycles. The summed E-state index contributed by atoms with van der Waals surface area (Å²) >= 11 is 0. The topological polar surface area (TPSA) is 69.6 Å². The highest BCUT2D eigenvalue weighted by molar-refractivity contribution is 5.82. The minimum absolute atomic E-state index is 0.0116. The van der Waals surface area contributed by atoms with Crippen LogP contribution in [0.2, 0.25) is 0 Å². The number of carboxylic acid groups (broad SMARTS) is 1. The number of urea groups is 1. The van der Waals surface area contributed by atoms with Crippen molar-refractivity contribution in [3.8, 4) is 12.3 Å². The van der Waals surface area contributed by atoms with Crippen LogP contribution in [-0.4, -0.2) is 41.1 Å². The Bertz CT molecular complexity index is 266. The summed E-state index contributed by atoms with van der Waals surface area (Å²) < 4.78 is 0. The second-order valence-corrected chi connectivity index (χ2v) is 2.92. The molecule has 0 radical (unpaired) electrons. The Kier molecular flexibility index (Phi) is 5.95. The van der Waals surface area contributed by atoms with Gasteiger partial charge >= 0.3 is 12.0 Å².